The van der Waals surface area contributed by atoms with Gasteiger partial charge >= 0.3 is 5.97 Å². The highest BCUT2D eigenvalue weighted by Gasteiger charge is 2.12. The Morgan fingerprint density at radius 3 is 2.83 bits per heavy atom. The van der Waals surface area contributed by atoms with Crippen molar-refractivity contribution in [1.82, 2.24) is 0 Å². The molecule has 5 heteroatoms. The lowest BCUT2D eigenvalue weighted by atomic mass is 10.2. The van der Waals surface area contributed by atoms with Gasteiger partial charge in [0.15, 0.2) is 0 Å². The molecule has 0 spiro atoms. The standard InChI is InChI=1S/C7H9NO3.ClH/c8-6(7(9)10)4-5-2-1-3-11-5;/h1-3,6H,4,8H2,(H,9,10);1H/t6-;/m0./s1. The summed E-state index contributed by atoms with van der Waals surface area (Å²) in [7, 11) is 0. The Balaban J connectivity index is 0.00000121. The third kappa shape index (κ3) is 2.94. The van der Waals surface area contributed by atoms with Gasteiger partial charge in [-0.15, -0.1) is 12.4 Å². The molecule has 1 aromatic heterocycles. The normalized spacial score (nSPS) is 11.8. The topological polar surface area (TPSA) is 76.5 Å². The summed E-state index contributed by atoms with van der Waals surface area (Å²) in [5.74, 6) is -0.415. The summed E-state index contributed by atoms with van der Waals surface area (Å²) < 4.78 is 4.91. The number of carbonyl (C=O) groups is 1. The third-order valence-electron chi connectivity index (χ3n) is 1.32. The van der Waals surface area contributed by atoms with Gasteiger partial charge in [-0.1, -0.05) is 0 Å². The number of hydrogen-bond donors (Lipinski definition) is 2. The third-order valence-corrected chi connectivity index (χ3v) is 1.32. The largest absolute Gasteiger partial charge is 0.480 e. The van der Waals surface area contributed by atoms with E-state index in [0.29, 0.717) is 5.76 Å². The molecule has 0 saturated carbocycles. The molecule has 12 heavy (non-hydrogen) atoms. The second kappa shape index (κ2) is 4.79. The van der Waals surface area contributed by atoms with Gasteiger partial charge in [0.25, 0.3) is 0 Å². The molecule has 1 atom stereocenters. The lowest BCUT2D eigenvalue weighted by Gasteiger charge is -2.01. The molecule has 1 aromatic rings. The van der Waals surface area contributed by atoms with Crippen LogP contribution in [0.25, 0.3) is 0 Å². The lowest BCUT2D eigenvalue weighted by Crippen LogP contribution is -2.32. The predicted molar refractivity (Wildman–Crippen MR) is 45.3 cm³/mol. The molecular formula is C7H10ClNO3. The average Bonchev–Trinajstić information content (AvgIpc) is 2.39. The van der Waals surface area contributed by atoms with Crippen molar-refractivity contribution < 1.29 is 14.3 Å². The molecule has 0 unspecified atom stereocenters. The van der Waals surface area contributed by atoms with E-state index in [1.165, 1.54) is 6.26 Å². The van der Waals surface area contributed by atoms with E-state index < -0.39 is 12.0 Å². The highest BCUT2D eigenvalue weighted by molar-refractivity contribution is 5.85. The van der Waals surface area contributed by atoms with Crippen molar-refractivity contribution in [3.05, 3.63) is 24.2 Å². The summed E-state index contributed by atoms with van der Waals surface area (Å²) >= 11 is 0. The molecular weight excluding hydrogens is 182 g/mol. The zero-order valence-corrected chi connectivity index (χ0v) is 7.08. The van der Waals surface area contributed by atoms with Crippen LogP contribution in [0.2, 0.25) is 0 Å². The Morgan fingerprint density at radius 1 is 1.75 bits per heavy atom. The lowest BCUT2D eigenvalue weighted by molar-refractivity contribution is -0.138. The molecule has 0 radical (unpaired) electrons. The van der Waals surface area contributed by atoms with Crippen LogP contribution in [0, 0.1) is 0 Å². The van der Waals surface area contributed by atoms with Gasteiger partial charge in [-0.3, -0.25) is 4.79 Å². The molecule has 1 heterocycles. The minimum Gasteiger partial charge on any atom is -0.480 e. The Hall–Kier alpha value is -1.00. The molecule has 1 rings (SSSR count). The summed E-state index contributed by atoms with van der Waals surface area (Å²) in [6.07, 6.45) is 1.73. The van der Waals surface area contributed by atoms with Crippen molar-refractivity contribution in [1.29, 1.82) is 0 Å². The van der Waals surface area contributed by atoms with E-state index in [-0.39, 0.29) is 18.8 Å². The quantitative estimate of drug-likeness (QED) is 0.736. The first-order chi connectivity index (χ1) is 5.20. The summed E-state index contributed by atoms with van der Waals surface area (Å²) in [6.45, 7) is 0. The summed E-state index contributed by atoms with van der Waals surface area (Å²) in [6, 6.07) is 2.52. The molecule has 0 aromatic carbocycles. The van der Waals surface area contributed by atoms with E-state index in [9.17, 15) is 4.79 Å². The van der Waals surface area contributed by atoms with Gasteiger partial charge in [0.2, 0.25) is 0 Å². The number of carboxylic acid groups (broad SMARTS) is 1. The number of carboxylic acids is 1. The maximum Gasteiger partial charge on any atom is 0.320 e. The molecule has 0 aliphatic carbocycles. The average molecular weight is 192 g/mol. The Bertz CT molecular complexity index is 235. The van der Waals surface area contributed by atoms with Crippen LogP contribution in [0.15, 0.2) is 22.8 Å². The first kappa shape index (κ1) is 11.0. The highest BCUT2D eigenvalue weighted by Crippen LogP contribution is 2.02. The van der Waals surface area contributed by atoms with E-state index in [2.05, 4.69) is 0 Å². The van der Waals surface area contributed by atoms with Crippen LogP contribution in [-0.4, -0.2) is 17.1 Å². The van der Waals surface area contributed by atoms with Gasteiger partial charge in [0, 0.05) is 6.42 Å². The molecule has 0 fully saturated rings. The molecule has 0 bridgehead atoms. The fourth-order valence-electron chi connectivity index (χ4n) is 0.733. The van der Waals surface area contributed by atoms with Gasteiger partial charge in [-0.25, -0.2) is 0 Å². The van der Waals surface area contributed by atoms with Gasteiger partial charge in [0.05, 0.1) is 6.26 Å². The molecule has 4 nitrogen and oxygen atoms in total. The Kier molecular flexibility index (Phi) is 4.39. The number of furan rings is 1. The summed E-state index contributed by atoms with van der Waals surface area (Å²) in [4.78, 5) is 10.3. The van der Waals surface area contributed by atoms with Crippen molar-refractivity contribution in [2.45, 2.75) is 12.5 Å². The second-order valence-corrected chi connectivity index (χ2v) is 2.23. The van der Waals surface area contributed by atoms with Gasteiger partial charge < -0.3 is 15.3 Å². The van der Waals surface area contributed by atoms with Crippen LogP contribution < -0.4 is 5.73 Å². The number of hydrogen-bond acceptors (Lipinski definition) is 3. The molecule has 0 aliphatic heterocycles. The van der Waals surface area contributed by atoms with Gasteiger partial charge in [0.1, 0.15) is 11.8 Å². The first-order valence-corrected chi connectivity index (χ1v) is 3.21. The SMILES string of the molecule is Cl.N[C@@H](Cc1ccco1)C(=O)O. The van der Waals surface area contributed by atoms with E-state index in [0.717, 1.165) is 0 Å². The monoisotopic (exact) mass is 191 g/mol. The van der Waals surface area contributed by atoms with Crippen LogP contribution >= 0.6 is 12.4 Å². The van der Waals surface area contributed by atoms with Crippen molar-refractivity contribution in [3.63, 3.8) is 0 Å². The second-order valence-electron chi connectivity index (χ2n) is 2.23. The Morgan fingerprint density at radius 2 is 2.42 bits per heavy atom. The van der Waals surface area contributed by atoms with E-state index in [1.54, 1.807) is 12.1 Å². The van der Waals surface area contributed by atoms with Crippen LogP contribution in [0.1, 0.15) is 5.76 Å². The fraction of sp³-hybridized carbons (Fsp3) is 0.286. The Labute approximate surface area is 75.8 Å². The van der Waals surface area contributed by atoms with E-state index in [1.807, 2.05) is 0 Å². The maximum atomic E-state index is 10.3. The fourth-order valence-corrected chi connectivity index (χ4v) is 0.733. The van der Waals surface area contributed by atoms with Gasteiger partial charge in [-0.2, -0.15) is 0 Å². The van der Waals surface area contributed by atoms with Crippen LogP contribution in [-0.2, 0) is 11.2 Å². The molecule has 0 amide bonds. The highest BCUT2D eigenvalue weighted by atomic mass is 35.5. The molecule has 0 aliphatic rings. The van der Waals surface area contributed by atoms with Crippen LogP contribution in [0.4, 0.5) is 0 Å². The van der Waals surface area contributed by atoms with Gasteiger partial charge in [-0.05, 0) is 12.1 Å². The van der Waals surface area contributed by atoms with Crippen molar-refractivity contribution in [3.8, 4) is 0 Å². The predicted octanol–water partition coefficient (Wildman–Crippen LogP) is 0.656. The number of halogens is 1. The summed E-state index contributed by atoms with van der Waals surface area (Å²) in [5.41, 5.74) is 5.25. The summed E-state index contributed by atoms with van der Waals surface area (Å²) in [5, 5.41) is 8.41. The van der Waals surface area contributed by atoms with Crippen molar-refractivity contribution in [2.24, 2.45) is 5.73 Å². The molecule has 3 N–H and O–H groups in total. The van der Waals surface area contributed by atoms with E-state index >= 15 is 0 Å². The van der Waals surface area contributed by atoms with Crippen molar-refractivity contribution in [2.75, 3.05) is 0 Å². The number of aliphatic carboxylic acids is 1. The minimum absolute atomic E-state index is 0. The molecule has 0 saturated heterocycles. The smallest absolute Gasteiger partial charge is 0.320 e. The maximum absolute atomic E-state index is 10.3. The zero-order valence-electron chi connectivity index (χ0n) is 6.27. The zero-order chi connectivity index (χ0) is 8.27. The van der Waals surface area contributed by atoms with Crippen LogP contribution in [0.5, 0.6) is 0 Å². The van der Waals surface area contributed by atoms with E-state index in [4.69, 9.17) is 15.3 Å². The molecule has 68 valence electrons. The minimum atomic E-state index is -1.01. The van der Waals surface area contributed by atoms with Crippen LogP contribution in [0.3, 0.4) is 0 Å². The number of rotatable bonds is 3. The first-order valence-electron chi connectivity index (χ1n) is 3.21. The number of nitrogens with two attached hydrogens (primary N) is 1. The van der Waals surface area contributed by atoms with Crippen molar-refractivity contribution >= 4 is 18.4 Å².